The number of nitrogens with zero attached hydrogens (tertiary/aromatic N) is 1. The van der Waals surface area contributed by atoms with Crippen LogP contribution in [0.1, 0.15) is 45.4 Å². The van der Waals surface area contributed by atoms with Crippen molar-refractivity contribution >= 4 is 5.91 Å². The van der Waals surface area contributed by atoms with Gasteiger partial charge in [-0.1, -0.05) is 32.1 Å². The van der Waals surface area contributed by atoms with Gasteiger partial charge in [-0.15, -0.1) is 0 Å². The monoisotopic (exact) mass is 212 g/mol. The zero-order chi connectivity index (χ0) is 11.3. The summed E-state index contributed by atoms with van der Waals surface area (Å²) in [6.45, 7) is 2.62. The number of carbonyl (C=O) groups excluding carboxylic acids is 1. The highest BCUT2D eigenvalue weighted by molar-refractivity contribution is 5.80. The topological polar surface area (TPSA) is 46.3 Å². The van der Waals surface area contributed by atoms with Gasteiger partial charge in [-0.3, -0.25) is 4.79 Å². The van der Waals surface area contributed by atoms with Crippen LogP contribution in [-0.2, 0) is 4.79 Å². The zero-order valence-corrected chi connectivity index (χ0v) is 10.0. The number of carbonyl (C=O) groups is 1. The van der Waals surface area contributed by atoms with E-state index in [0.717, 1.165) is 18.9 Å². The molecule has 1 saturated carbocycles. The number of hydrogen-bond donors (Lipinski definition) is 1. The molecule has 0 spiro atoms. The first-order chi connectivity index (χ1) is 7.11. The fraction of sp³-hybridized carbons (Fsp3) is 0.917. The molecule has 0 aliphatic heterocycles. The van der Waals surface area contributed by atoms with Crippen molar-refractivity contribution in [2.75, 3.05) is 13.6 Å². The minimum Gasteiger partial charge on any atom is -0.344 e. The molecule has 0 aromatic heterocycles. The normalized spacial score (nSPS) is 19.9. The van der Waals surface area contributed by atoms with E-state index in [1.807, 2.05) is 7.05 Å². The Morgan fingerprint density at radius 2 is 2.00 bits per heavy atom. The van der Waals surface area contributed by atoms with E-state index in [2.05, 4.69) is 0 Å². The Bertz CT molecular complexity index is 198. The molecule has 0 heterocycles. The number of nitrogens with two attached hydrogens (primary N) is 1. The maximum absolute atomic E-state index is 11.5. The average molecular weight is 212 g/mol. The van der Waals surface area contributed by atoms with Crippen LogP contribution in [0.15, 0.2) is 0 Å². The van der Waals surface area contributed by atoms with Crippen molar-refractivity contribution in [1.29, 1.82) is 0 Å². The second-order valence-corrected chi connectivity index (χ2v) is 4.84. The molecule has 0 aromatic rings. The number of rotatable bonds is 4. The van der Waals surface area contributed by atoms with Crippen molar-refractivity contribution in [3.63, 3.8) is 0 Å². The van der Waals surface area contributed by atoms with Crippen molar-refractivity contribution in [3.05, 3.63) is 0 Å². The molecule has 1 rings (SSSR count). The van der Waals surface area contributed by atoms with Gasteiger partial charge in [0.05, 0.1) is 6.04 Å². The van der Waals surface area contributed by atoms with Gasteiger partial charge < -0.3 is 10.6 Å². The third kappa shape index (κ3) is 4.20. The third-order valence-corrected chi connectivity index (χ3v) is 3.36. The highest BCUT2D eigenvalue weighted by atomic mass is 16.2. The molecular weight excluding hydrogens is 188 g/mol. The van der Waals surface area contributed by atoms with Gasteiger partial charge >= 0.3 is 0 Å². The van der Waals surface area contributed by atoms with Gasteiger partial charge in [0, 0.05) is 13.6 Å². The van der Waals surface area contributed by atoms with Crippen LogP contribution in [0.2, 0.25) is 0 Å². The lowest BCUT2D eigenvalue weighted by Crippen LogP contribution is -2.40. The van der Waals surface area contributed by atoms with Gasteiger partial charge in [-0.05, 0) is 19.3 Å². The molecule has 0 unspecified atom stereocenters. The summed E-state index contributed by atoms with van der Waals surface area (Å²) >= 11 is 0. The molecule has 3 heteroatoms. The molecule has 3 nitrogen and oxygen atoms in total. The standard InChI is InChI=1S/C12H24N2O/c1-10(13)12(15)14(2)9-8-11-6-4-3-5-7-11/h10-11H,3-9,13H2,1-2H3/t10-/m1/s1. The maximum atomic E-state index is 11.5. The zero-order valence-electron chi connectivity index (χ0n) is 10.0. The summed E-state index contributed by atoms with van der Waals surface area (Å²) in [4.78, 5) is 13.3. The number of amides is 1. The van der Waals surface area contributed by atoms with Gasteiger partial charge in [0.15, 0.2) is 0 Å². The summed E-state index contributed by atoms with van der Waals surface area (Å²) in [5.74, 6) is 0.896. The average Bonchev–Trinajstić information content (AvgIpc) is 2.26. The Hall–Kier alpha value is -0.570. The van der Waals surface area contributed by atoms with Crippen LogP contribution in [0.4, 0.5) is 0 Å². The van der Waals surface area contributed by atoms with Crippen LogP contribution in [0.5, 0.6) is 0 Å². The van der Waals surface area contributed by atoms with E-state index >= 15 is 0 Å². The Labute approximate surface area is 93.0 Å². The van der Waals surface area contributed by atoms with Gasteiger partial charge in [0.25, 0.3) is 0 Å². The minimum absolute atomic E-state index is 0.0609. The van der Waals surface area contributed by atoms with Crippen molar-refractivity contribution in [2.24, 2.45) is 11.7 Å². The van der Waals surface area contributed by atoms with Crippen molar-refractivity contribution in [1.82, 2.24) is 4.90 Å². The highest BCUT2D eigenvalue weighted by Crippen LogP contribution is 2.26. The fourth-order valence-electron chi connectivity index (χ4n) is 2.31. The summed E-state index contributed by atoms with van der Waals surface area (Å²) < 4.78 is 0. The quantitative estimate of drug-likeness (QED) is 0.772. The molecule has 1 aliphatic rings. The van der Waals surface area contributed by atoms with Crippen LogP contribution < -0.4 is 5.73 Å². The molecule has 15 heavy (non-hydrogen) atoms. The molecule has 1 fully saturated rings. The largest absolute Gasteiger partial charge is 0.344 e. The second kappa shape index (κ2) is 6.11. The van der Waals surface area contributed by atoms with E-state index in [-0.39, 0.29) is 11.9 Å². The highest BCUT2D eigenvalue weighted by Gasteiger charge is 2.17. The molecule has 0 saturated heterocycles. The van der Waals surface area contributed by atoms with Crippen molar-refractivity contribution < 1.29 is 4.79 Å². The predicted octanol–water partition coefficient (Wildman–Crippen LogP) is 1.76. The Morgan fingerprint density at radius 3 is 2.53 bits per heavy atom. The van der Waals surface area contributed by atoms with Crippen molar-refractivity contribution in [2.45, 2.75) is 51.5 Å². The van der Waals surface area contributed by atoms with Crippen LogP contribution in [0.25, 0.3) is 0 Å². The molecule has 0 radical (unpaired) electrons. The lowest BCUT2D eigenvalue weighted by Gasteiger charge is -2.25. The molecule has 88 valence electrons. The van der Waals surface area contributed by atoms with Crippen LogP contribution in [-0.4, -0.2) is 30.4 Å². The first kappa shape index (κ1) is 12.5. The molecule has 1 amide bonds. The Kier molecular flexibility index (Phi) is 5.09. The lowest BCUT2D eigenvalue weighted by atomic mass is 9.87. The van der Waals surface area contributed by atoms with Gasteiger partial charge in [-0.25, -0.2) is 0 Å². The second-order valence-electron chi connectivity index (χ2n) is 4.84. The SMILES string of the molecule is C[C@@H](N)C(=O)N(C)CCC1CCCCC1. The lowest BCUT2D eigenvalue weighted by molar-refractivity contribution is -0.131. The maximum Gasteiger partial charge on any atom is 0.238 e. The summed E-state index contributed by atoms with van der Waals surface area (Å²) in [6.07, 6.45) is 7.98. The fourth-order valence-corrected chi connectivity index (χ4v) is 2.31. The van der Waals surface area contributed by atoms with Gasteiger partial charge in [0.2, 0.25) is 5.91 Å². The first-order valence-corrected chi connectivity index (χ1v) is 6.12. The van der Waals surface area contributed by atoms with E-state index in [1.165, 1.54) is 32.1 Å². The van der Waals surface area contributed by atoms with E-state index in [0.29, 0.717) is 0 Å². The summed E-state index contributed by atoms with van der Waals surface area (Å²) in [7, 11) is 1.86. The summed E-state index contributed by atoms with van der Waals surface area (Å²) in [5.41, 5.74) is 5.55. The third-order valence-electron chi connectivity index (χ3n) is 3.36. The van der Waals surface area contributed by atoms with Gasteiger partial charge in [-0.2, -0.15) is 0 Å². The van der Waals surface area contributed by atoms with Gasteiger partial charge in [0.1, 0.15) is 0 Å². The molecule has 0 aromatic carbocycles. The summed E-state index contributed by atoms with van der Waals surface area (Å²) in [5, 5.41) is 0. The molecule has 0 bridgehead atoms. The van der Waals surface area contributed by atoms with E-state index in [1.54, 1.807) is 11.8 Å². The predicted molar refractivity (Wildman–Crippen MR) is 62.5 cm³/mol. The summed E-state index contributed by atoms with van der Waals surface area (Å²) in [6, 6.07) is -0.360. The number of likely N-dealkylation sites (N-methyl/N-ethyl adjacent to an activating group) is 1. The van der Waals surface area contributed by atoms with Crippen LogP contribution in [0.3, 0.4) is 0 Å². The Morgan fingerprint density at radius 1 is 1.40 bits per heavy atom. The molecular formula is C12H24N2O. The van der Waals surface area contributed by atoms with E-state index in [4.69, 9.17) is 5.73 Å². The van der Waals surface area contributed by atoms with Crippen molar-refractivity contribution in [3.8, 4) is 0 Å². The van der Waals surface area contributed by atoms with Crippen LogP contribution >= 0.6 is 0 Å². The van der Waals surface area contributed by atoms with E-state index < -0.39 is 0 Å². The smallest absolute Gasteiger partial charge is 0.238 e. The number of hydrogen-bond acceptors (Lipinski definition) is 2. The van der Waals surface area contributed by atoms with E-state index in [9.17, 15) is 4.79 Å². The Balaban J connectivity index is 2.20. The molecule has 1 atom stereocenters. The molecule has 2 N–H and O–H groups in total. The molecule has 1 aliphatic carbocycles. The first-order valence-electron chi connectivity index (χ1n) is 6.12. The minimum atomic E-state index is -0.360. The van der Waals surface area contributed by atoms with Crippen LogP contribution in [0, 0.1) is 5.92 Å².